The van der Waals surface area contributed by atoms with E-state index in [1.54, 1.807) is 6.07 Å². The number of hydrogen-bond donors (Lipinski definition) is 3. The van der Waals surface area contributed by atoms with Crippen molar-refractivity contribution in [3.63, 3.8) is 0 Å². The van der Waals surface area contributed by atoms with Crippen LogP contribution in [0.15, 0.2) is 54.6 Å². The van der Waals surface area contributed by atoms with Crippen molar-refractivity contribution in [2.24, 2.45) is 11.8 Å². The predicted molar refractivity (Wildman–Crippen MR) is 127 cm³/mol. The third-order valence-corrected chi connectivity index (χ3v) is 7.87. The van der Waals surface area contributed by atoms with Crippen LogP contribution >= 0.6 is 0 Å². The molecule has 1 aliphatic carbocycles. The van der Waals surface area contributed by atoms with E-state index in [-0.39, 0.29) is 23.8 Å². The lowest BCUT2D eigenvalue weighted by Crippen LogP contribution is -2.59. The summed E-state index contributed by atoms with van der Waals surface area (Å²) in [5.41, 5.74) is 2.36. The van der Waals surface area contributed by atoms with E-state index in [0.717, 1.165) is 37.8 Å². The van der Waals surface area contributed by atoms with Crippen LogP contribution in [0.4, 0.5) is 0 Å². The highest BCUT2D eigenvalue weighted by atomic mass is 16.4. The van der Waals surface area contributed by atoms with Gasteiger partial charge in [0.1, 0.15) is 12.3 Å². The number of carboxylic acid groups (broad SMARTS) is 1. The summed E-state index contributed by atoms with van der Waals surface area (Å²) in [6.45, 7) is 3.47. The number of aliphatic carboxylic acids is 1. The van der Waals surface area contributed by atoms with E-state index >= 15 is 0 Å². The van der Waals surface area contributed by atoms with E-state index in [0.29, 0.717) is 30.7 Å². The van der Waals surface area contributed by atoms with Crippen LogP contribution in [0.25, 0.3) is 0 Å². The van der Waals surface area contributed by atoms with Crippen molar-refractivity contribution >= 4 is 11.9 Å². The maximum atomic E-state index is 13.0. The number of benzene rings is 2. The summed E-state index contributed by atoms with van der Waals surface area (Å²) in [4.78, 5) is 26.4. The van der Waals surface area contributed by atoms with Gasteiger partial charge in [-0.1, -0.05) is 55.8 Å². The summed E-state index contributed by atoms with van der Waals surface area (Å²) in [6, 6.07) is 18.0. The van der Waals surface area contributed by atoms with Crippen LogP contribution in [0, 0.1) is 11.8 Å². The van der Waals surface area contributed by atoms with Crippen molar-refractivity contribution in [3.05, 3.63) is 65.7 Å². The second kappa shape index (κ2) is 9.96. The Hall–Kier alpha value is -2.86. The van der Waals surface area contributed by atoms with Crippen molar-refractivity contribution in [1.82, 2.24) is 10.2 Å². The fourth-order valence-corrected chi connectivity index (χ4v) is 6.16. The number of fused-ring (bicyclic) bond motifs is 2. The minimum absolute atomic E-state index is 0.0542. The van der Waals surface area contributed by atoms with Gasteiger partial charge in [-0.05, 0) is 61.4 Å². The third-order valence-electron chi connectivity index (χ3n) is 7.87. The van der Waals surface area contributed by atoms with Crippen LogP contribution < -0.4 is 5.32 Å². The molecule has 1 unspecified atom stereocenters. The fourth-order valence-electron chi connectivity index (χ4n) is 6.16. The van der Waals surface area contributed by atoms with Gasteiger partial charge in [0.15, 0.2) is 0 Å². The average molecular weight is 451 g/mol. The zero-order valence-corrected chi connectivity index (χ0v) is 19.2. The number of piperidine rings is 1. The standard InChI is InChI=1S/C27H34N2O4/c1-19-24-11-6-12-27(19,22-9-5-10-23(30)16-22)13-14-29(24)18-21(26(33)28-17-25(31)32)15-20-7-3-2-4-8-20/h2-5,7-10,16,19,21,24,30H,6,11-15,17-18H2,1H3,(H,28,33)(H,31,32)/t19-,21-,24?,27-/m0/s1. The number of phenols is 1. The van der Waals surface area contributed by atoms with Gasteiger partial charge >= 0.3 is 5.97 Å². The Morgan fingerprint density at radius 3 is 2.67 bits per heavy atom. The lowest BCUT2D eigenvalue weighted by atomic mass is 9.57. The number of hydrogen-bond acceptors (Lipinski definition) is 4. The van der Waals surface area contributed by atoms with Crippen molar-refractivity contribution in [2.45, 2.75) is 50.5 Å². The highest BCUT2D eigenvalue weighted by Gasteiger charge is 2.49. The molecule has 1 amide bonds. The average Bonchev–Trinajstić information content (AvgIpc) is 2.79. The number of carboxylic acids is 1. The number of amides is 1. The Labute approximate surface area is 195 Å². The van der Waals surface area contributed by atoms with Crippen LogP contribution in [-0.4, -0.2) is 52.7 Å². The second-order valence-electron chi connectivity index (χ2n) is 9.70. The minimum atomic E-state index is -1.03. The number of aromatic hydroxyl groups is 1. The number of nitrogens with one attached hydrogen (secondary N) is 1. The van der Waals surface area contributed by atoms with Gasteiger partial charge in [-0.15, -0.1) is 0 Å². The summed E-state index contributed by atoms with van der Waals surface area (Å²) < 4.78 is 0. The maximum absolute atomic E-state index is 13.0. The summed E-state index contributed by atoms with van der Waals surface area (Å²) in [6.07, 6.45) is 4.91. The molecule has 2 fully saturated rings. The Morgan fingerprint density at radius 1 is 1.15 bits per heavy atom. The largest absolute Gasteiger partial charge is 0.508 e. The van der Waals surface area contributed by atoms with Crippen LogP contribution in [0.5, 0.6) is 5.75 Å². The Morgan fingerprint density at radius 2 is 1.94 bits per heavy atom. The first-order valence-electron chi connectivity index (χ1n) is 12.0. The molecule has 176 valence electrons. The van der Waals surface area contributed by atoms with Gasteiger partial charge in [0.05, 0.1) is 5.92 Å². The van der Waals surface area contributed by atoms with Gasteiger partial charge in [0, 0.05) is 18.0 Å². The molecular formula is C27H34N2O4. The smallest absolute Gasteiger partial charge is 0.322 e. The van der Waals surface area contributed by atoms with Crippen LogP contribution in [0.2, 0.25) is 0 Å². The Kier molecular flexibility index (Phi) is 7.03. The molecule has 1 saturated heterocycles. The number of phenolic OH excluding ortho intramolecular Hbond substituents is 1. The molecule has 3 N–H and O–H groups in total. The highest BCUT2D eigenvalue weighted by Crippen LogP contribution is 2.51. The highest BCUT2D eigenvalue weighted by molar-refractivity contribution is 5.83. The van der Waals surface area contributed by atoms with Gasteiger partial charge < -0.3 is 15.5 Å². The molecule has 0 aromatic heterocycles. The quantitative estimate of drug-likeness (QED) is 0.572. The number of rotatable bonds is 8. The third kappa shape index (κ3) is 5.06. The first-order valence-corrected chi connectivity index (χ1v) is 12.0. The molecule has 2 aliphatic rings. The van der Waals surface area contributed by atoms with Crippen molar-refractivity contribution in [1.29, 1.82) is 0 Å². The molecular weight excluding hydrogens is 416 g/mol. The second-order valence-corrected chi connectivity index (χ2v) is 9.70. The first-order chi connectivity index (χ1) is 15.9. The van der Waals surface area contributed by atoms with E-state index in [1.807, 2.05) is 42.5 Å². The molecule has 1 saturated carbocycles. The van der Waals surface area contributed by atoms with Crippen LogP contribution in [-0.2, 0) is 21.4 Å². The van der Waals surface area contributed by atoms with E-state index in [1.165, 1.54) is 5.56 Å². The number of likely N-dealkylation sites (tertiary alicyclic amines) is 1. The van der Waals surface area contributed by atoms with E-state index in [2.05, 4.69) is 23.2 Å². The Balaban J connectivity index is 1.53. The first kappa shape index (κ1) is 23.3. The van der Waals surface area contributed by atoms with E-state index in [4.69, 9.17) is 5.11 Å². The predicted octanol–water partition coefficient (Wildman–Crippen LogP) is 3.58. The number of nitrogens with zero attached hydrogens (tertiary/aromatic N) is 1. The van der Waals surface area contributed by atoms with Crippen molar-refractivity contribution < 1.29 is 19.8 Å². The summed E-state index contributed by atoms with van der Waals surface area (Å²) in [5.74, 6) is -0.821. The van der Waals surface area contributed by atoms with Gasteiger partial charge in [-0.2, -0.15) is 0 Å². The van der Waals surface area contributed by atoms with Gasteiger partial charge in [-0.3, -0.25) is 14.5 Å². The molecule has 2 bridgehead atoms. The van der Waals surface area contributed by atoms with Crippen LogP contribution in [0.3, 0.4) is 0 Å². The summed E-state index contributed by atoms with van der Waals surface area (Å²) in [7, 11) is 0. The zero-order chi connectivity index (χ0) is 23.4. The summed E-state index contributed by atoms with van der Waals surface area (Å²) in [5, 5.41) is 21.7. The Bertz CT molecular complexity index is 979. The monoisotopic (exact) mass is 450 g/mol. The normalized spacial score (nSPS) is 25.8. The molecule has 6 heteroatoms. The van der Waals surface area contributed by atoms with Crippen molar-refractivity contribution in [2.75, 3.05) is 19.6 Å². The molecule has 2 aromatic rings. The topological polar surface area (TPSA) is 89.9 Å². The lowest BCUT2D eigenvalue weighted by molar-refractivity contribution is -0.138. The van der Waals surface area contributed by atoms with Crippen molar-refractivity contribution in [3.8, 4) is 5.75 Å². The molecule has 4 rings (SSSR count). The lowest BCUT2D eigenvalue weighted by Gasteiger charge is -2.56. The number of carbonyl (C=O) groups excluding carboxylic acids is 1. The molecule has 33 heavy (non-hydrogen) atoms. The molecule has 6 nitrogen and oxygen atoms in total. The molecule has 0 spiro atoms. The fraction of sp³-hybridized carbons (Fsp3) is 0.481. The molecule has 1 heterocycles. The van der Waals surface area contributed by atoms with E-state index < -0.39 is 5.97 Å². The summed E-state index contributed by atoms with van der Waals surface area (Å²) >= 11 is 0. The SMILES string of the molecule is C[C@H]1C2CCC[C@]1(c1cccc(O)c1)CCN2C[C@H](Cc1ccccc1)C(=O)NCC(=O)O. The van der Waals surface area contributed by atoms with Gasteiger partial charge in [0.25, 0.3) is 0 Å². The van der Waals surface area contributed by atoms with Gasteiger partial charge in [0.2, 0.25) is 5.91 Å². The molecule has 4 atom stereocenters. The zero-order valence-electron chi connectivity index (χ0n) is 19.2. The minimum Gasteiger partial charge on any atom is -0.508 e. The molecule has 2 aromatic carbocycles. The maximum Gasteiger partial charge on any atom is 0.322 e. The molecule has 0 radical (unpaired) electrons. The van der Waals surface area contributed by atoms with Gasteiger partial charge in [-0.25, -0.2) is 0 Å². The van der Waals surface area contributed by atoms with E-state index in [9.17, 15) is 14.7 Å². The number of carbonyl (C=O) groups is 2. The molecule has 1 aliphatic heterocycles. The van der Waals surface area contributed by atoms with Crippen LogP contribution in [0.1, 0.15) is 43.7 Å².